The summed E-state index contributed by atoms with van der Waals surface area (Å²) in [6, 6.07) is -1.32. The minimum Gasteiger partial charge on any atom is -0.456 e. The summed E-state index contributed by atoms with van der Waals surface area (Å²) < 4.78 is 46.2. The molecule has 1 amide bonds. The van der Waals surface area contributed by atoms with Crippen LogP contribution in [0.5, 0.6) is 0 Å². The molecule has 1 aliphatic carbocycles. The molecule has 0 aromatic heterocycles. The van der Waals surface area contributed by atoms with Crippen LogP contribution in [0.4, 0.5) is 4.39 Å². The van der Waals surface area contributed by atoms with Crippen molar-refractivity contribution in [3.63, 3.8) is 0 Å². The lowest BCUT2D eigenvalue weighted by Gasteiger charge is -2.47. The van der Waals surface area contributed by atoms with Crippen LogP contribution in [0.2, 0.25) is 0 Å². The number of ether oxygens (including phenoxy) is 5. The second kappa shape index (κ2) is 21.8. The highest BCUT2D eigenvalue weighted by molar-refractivity contribution is 6.39. The number of alkyl halides is 1. The van der Waals surface area contributed by atoms with Crippen LogP contribution >= 0.6 is 0 Å². The van der Waals surface area contributed by atoms with Gasteiger partial charge >= 0.3 is 5.97 Å². The van der Waals surface area contributed by atoms with Crippen LogP contribution < -0.4 is 5.73 Å². The number of amides is 1. The van der Waals surface area contributed by atoms with Gasteiger partial charge in [-0.1, -0.05) is 45.9 Å². The van der Waals surface area contributed by atoms with E-state index in [1.807, 2.05) is 19.9 Å². The molecule has 0 spiro atoms. The van der Waals surface area contributed by atoms with E-state index in [1.165, 1.54) is 14.2 Å². The molecule has 4 N–H and O–H groups in total. The van der Waals surface area contributed by atoms with Crippen molar-refractivity contribution in [3.05, 3.63) is 36.0 Å². The number of hydrogen-bond donors (Lipinski definition) is 3. The number of allylic oxidation sites excluding steroid dienone is 3. The number of methoxy groups -OCH3 is 2. The van der Waals surface area contributed by atoms with Gasteiger partial charge in [0.15, 0.2) is 0 Å². The van der Waals surface area contributed by atoms with Gasteiger partial charge in [-0.3, -0.25) is 14.4 Å². The molecule has 4 aliphatic rings. The van der Waals surface area contributed by atoms with E-state index in [0.29, 0.717) is 49.9 Å². The van der Waals surface area contributed by atoms with Gasteiger partial charge in [0, 0.05) is 51.0 Å². The van der Waals surface area contributed by atoms with E-state index >= 15 is 4.39 Å². The molecule has 2 bridgehead atoms. The van der Waals surface area contributed by atoms with Gasteiger partial charge in [0.05, 0.1) is 31.0 Å². The summed E-state index contributed by atoms with van der Waals surface area (Å²) in [6.07, 6.45) is 2.39. The zero-order valence-electron chi connectivity index (χ0n) is 36.5. The Kier molecular flexibility index (Phi) is 18.0. The molecule has 2 saturated heterocycles. The van der Waals surface area contributed by atoms with Crippen LogP contribution in [-0.4, -0.2) is 127 Å². The third-order valence-electron chi connectivity index (χ3n) is 13.3. The third kappa shape index (κ3) is 11.5. The molecule has 0 radical (unpaired) electrons. The molecule has 334 valence electrons. The second-order valence-electron chi connectivity index (χ2n) is 17.6. The number of esters is 1. The van der Waals surface area contributed by atoms with Gasteiger partial charge in [0.1, 0.15) is 30.2 Å². The number of fused-ring (bicyclic) bond motifs is 3. The lowest BCUT2D eigenvalue weighted by Crippen LogP contribution is -2.64. The number of hydrogen-bond acceptors (Lipinski definition) is 12. The van der Waals surface area contributed by atoms with Crippen molar-refractivity contribution in [2.75, 3.05) is 27.4 Å². The van der Waals surface area contributed by atoms with Crippen LogP contribution in [0.3, 0.4) is 0 Å². The number of carbonyl (C=O) groups is 4. The standard InChI is InChI=1S/C45H71FN2O11/c1-10-18-57-36-23-30(15-16-32(36)47)19-27(5)40-29(7)34(49)24-35(50)31(11-2)20-25(3)39(46)26(4)21-37(55-8)41-38(56-9)22-28(6)45(54,59-41)42(51)43(52)48-17-13-12-14-33(48)44(53)58-40/h10,19-20,26,28-34,36-41,49,54H,1,11-18,21-24,47H2,2-9H3/b25-20+,27-19?. The average molecular weight is 835 g/mol. The lowest BCUT2D eigenvalue weighted by molar-refractivity contribution is -0.302. The van der Waals surface area contributed by atoms with Gasteiger partial charge in [-0.25, -0.2) is 9.18 Å². The van der Waals surface area contributed by atoms with E-state index in [1.54, 1.807) is 39.8 Å². The number of cyclic esters (lactones) is 1. The summed E-state index contributed by atoms with van der Waals surface area (Å²) in [4.78, 5) is 57.8. The Balaban J connectivity index is 1.78. The molecular formula is C45H71FN2O11. The molecule has 15 unspecified atom stereocenters. The zero-order chi connectivity index (χ0) is 43.8. The van der Waals surface area contributed by atoms with E-state index in [9.17, 15) is 29.4 Å². The summed E-state index contributed by atoms with van der Waals surface area (Å²) in [5, 5.41) is 23.7. The molecule has 1 saturated carbocycles. The van der Waals surface area contributed by atoms with E-state index < -0.39 is 89.9 Å². The van der Waals surface area contributed by atoms with Crippen molar-refractivity contribution in [1.29, 1.82) is 0 Å². The number of nitrogens with zero attached hydrogens (tertiary/aromatic N) is 1. The number of carbonyl (C=O) groups excluding carboxylic acids is 4. The van der Waals surface area contributed by atoms with Crippen LogP contribution in [0.25, 0.3) is 0 Å². The third-order valence-corrected chi connectivity index (χ3v) is 13.3. The first-order valence-electron chi connectivity index (χ1n) is 21.6. The predicted molar refractivity (Wildman–Crippen MR) is 219 cm³/mol. The highest BCUT2D eigenvalue weighted by atomic mass is 19.1. The Morgan fingerprint density at radius 3 is 2.37 bits per heavy atom. The highest BCUT2D eigenvalue weighted by Gasteiger charge is 2.57. The predicted octanol–water partition coefficient (Wildman–Crippen LogP) is 4.94. The van der Waals surface area contributed by atoms with Gasteiger partial charge in [-0.05, 0) is 94.6 Å². The number of halogens is 1. The molecular weight excluding hydrogens is 763 g/mol. The van der Waals surface area contributed by atoms with Gasteiger partial charge in [-0.15, -0.1) is 6.58 Å². The quantitative estimate of drug-likeness (QED) is 0.170. The Morgan fingerprint density at radius 1 is 1.05 bits per heavy atom. The normalized spacial score (nSPS) is 41.3. The smallest absolute Gasteiger partial charge is 0.329 e. The molecule has 3 fully saturated rings. The highest BCUT2D eigenvalue weighted by Crippen LogP contribution is 2.39. The first kappa shape index (κ1) is 48.8. The molecule has 15 atom stereocenters. The summed E-state index contributed by atoms with van der Waals surface area (Å²) >= 11 is 0. The lowest BCUT2D eigenvalue weighted by atomic mass is 9.81. The monoisotopic (exact) mass is 835 g/mol. The van der Waals surface area contributed by atoms with Crippen molar-refractivity contribution >= 4 is 23.4 Å². The van der Waals surface area contributed by atoms with Crippen LogP contribution in [0, 0.1) is 29.6 Å². The van der Waals surface area contributed by atoms with Gasteiger partial charge in [-0.2, -0.15) is 0 Å². The Hall–Kier alpha value is -2.85. The van der Waals surface area contributed by atoms with E-state index in [-0.39, 0.29) is 56.1 Å². The Bertz CT molecular complexity index is 1540. The van der Waals surface area contributed by atoms with Crippen LogP contribution in [0.15, 0.2) is 36.0 Å². The molecule has 13 nitrogen and oxygen atoms in total. The maximum absolute atomic E-state index is 16.2. The maximum Gasteiger partial charge on any atom is 0.329 e. The Labute approximate surface area is 350 Å². The number of Topliss-reactive ketones (excluding diaryl/α,β-unsaturated/α-hetero) is 2. The summed E-state index contributed by atoms with van der Waals surface area (Å²) in [5.74, 6) is -9.00. The number of ketones is 2. The molecule has 3 aliphatic heterocycles. The van der Waals surface area contributed by atoms with Gasteiger partial charge in [0.2, 0.25) is 5.79 Å². The van der Waals surface area contributed by atoms with E-state index in [4.69, 9.17) is 29.4 Å². The van der Waals surface area contributed by atoms with Crippen molar-refractivity contribution in [1.82, 2.24) is 4.90 Å². The molecule has 3 heterocycles. The van der Waals surface area contributed by atoms with Gasteiger partial charge in [0.25, 0.3) is 11.7 Å². The molecule has 0 aromatic rings. The van der Waals surface area contributed by atoms with E-state index in [2.05, 4.69) is 6.58 Å². The average Bonchev–Trinajstić information content (AvgIpc) is 3.22. The topological polar surface area (TPSA) is 184 Å². The number of rotatable bonds is 8. The SMILES string of the molecule is C=CCOC1CC(C=C(C)C2OC(=O)C3CCCCN3C(=O)C(=O)C3(O)OC(C(OC)CC(C)C(F)/C(C)=C/C(CC)C(=O)CC(O)C2C)C(OC)CC3C)CCC1N. The molecule has 14 heteroatoms. The molecule has 59 heavy (non-hydrogen) atoms. The van der Waals surface area contributed by atoms with Crippen molar-refractivity contribution in [2.24, 2.45) is 35.3 Å². The fraction of sp³-hybridized carbons (Fsp3) is 0.778. The minimum absolute atomic E-state index is 0.0101. The number of piperidine rings is 1. The fourth-order valence-corrected chi connectivity index (χ4v) is 9.46. The first-order valence-corrected chi connectivity index (χ1v) is 21.6. The summed E-state index contributed by atoms with van der Waals surface area (Å²) in [6.45, 7) is 14.4. The number of nitrogens with two attached hydrogens (primary N) is 1. The maximum atomic E-state index is 16.2. The van der Waals surface area contributed by atoms with E-state index in [0.717, 1.165) is 11.3 Å². The molecule has 0 aromatic carbocycles. The Morgan fingerprint density at radius 2 is 1.73 bits per heavy atom. The molecule has 4 rings (SSSR count). The largest absolute Gasteiger partial charge is 0.456 e. The first-order chi connectivity index (χ1) is 27.9. The second-order valence-corrected chi connectivity index (χ2v) is 17.6. The van der Waals surface area contributed by atoms with Crippen molar-refractivity contribution < 1.29 is 57.5 Å². The van der Waals surface area contributed by atoms with Crippen molar-refractivity contribution in [2.45, 2.75) is 166 Å². The minimum atomic E-state index is -2.60. The summed E-state index contributed by atoms with van der Waals surface area (Å²) in [7, 11) is 2.88. The van der Waals surface area contributed by atoms with Gasteiger partial charge < -0.3 is 44.5 Å². The van der Waals surface area contributed by atoms with Crippen LogP contribution in [-0.2, 0) is 42.9 Å². The van der Waals surface area contributed by atoms with Crippen LogP contribution in [0.1, 0.15) is 106 Å². The summed E-state index contributed by atoms with van der Waals surface area (Å²) in [5.41, 5.74) is 7.36. The fourth-order valence-electron chi connectivity index (χ4n) is 9.46. The number of aliphatic hydroxyl groups excluding tert-OH is 1. The van der Waals surface area contributed by atoms with Crippen molar-refractivity contribution in [3.8, 4) is 0 Å². The zero-order valence-corrected chi connectivity index (χ0v) is 36.5. The number of aliphatic hydroxyl groups is 2.